The van der Waals surface area contributed by atoms with E-state index in [1.165, 1.54) is 0 Å². The highest BCUT2D eigenvalue weighted by Crippen LogP contribution is 2.69. The molecule has 5 aromatic carbocycles. The van der Waals surface area contributed by atoms with E-state index in [1.807, 2.05) is 0 Å². The number of halogens is 34. The lowest BCUT2D eigenvalue weighted by Crippen LogP contribution is -2.74. The molecule has 40 heteroatoms. The van der Waals surface area contributed by atoms with Gasteiger partial charge in [0, 0.05) is 69.0 Å². The number of carbonyl (C=O) groups excluding carboxylic acids is 4. The lowest BCUT2D eigenvalue weighted by Gasteiger charge is -2.43. The summed E-state index contributed by atoms with van der Waals surface area (Å²) >= 11 is 0. The Morgan fingerprint density at radius 1 is 0.256 bits per heavy atom. The molecule has 0 N–H and O–H groups in total. The molecule has 5 aromatic rings. The minimum absolute atomic E-state index is 0.0349. The summed E-state index contributed by atoms with van der Waals surface area (Å²) in [5.74, 6) is -133. The van der Waals surface area contributed by atoms with Crippen molar-refractivity contribution in [1.29, 1.82) is 0 Å². The summed E-state index contributed by atoms with van der Waals surface area (Å²) in [6, 6.07) is -2.40. The van der Waals surface area contributed by atoms with Gasteiger partial charge in [0.25, 0.3) is 23.6 Å². The Labute approximate surface area is 424 Å². The minimum atomic E-state index is -9.36. The SMILES string of the molecule is CN1C(=O)c2ccc3c4c(C(F)(F)C(F)(F)C(F)(F)C(F)(F)C(F)(F)C(F)(F)C(F)(F)C(F)(F)F)cc5c6c(ccc(c7c(C(F)(F)C(F)(F)C(F)(F)C(F)(F)C(F)(F)C(F)(F)C(F)(F)C(F)(F)F)cc(c2c37)C1=O)c64)C(=O)N(C)C5=O. The highest BCUT2D eigenvalue weighted by molar-refractivity contribution is 6.42. The van der Waals surface area contributed by atoms with Gasteiger partial charge in [-0.25, -0.2) is 0 Å². The van der Waals surface area contributed by atoms with Gasteiger partial charge in [0.05, 0.1) is 0 Å². The van der Waals surface area contributed by atoms with Gasteiger partial charge in [0.1, 0.15) is 0 Å². The van der Waals surface area contributed by atoms with E-state index >= 15 is 70.2 Å². The van der Waals surface area contributed by atoms with Crippen molar-refractivity contribution >= 4 is 66.7 Å². The third kappa shape index (κ3) is 6.80. The number of nitrogens with zero attached hydrogens (tertiary/aromatic N) is 2. The van der Waals surface area contributed by atoms with Crippen molar-refractivity contribution in [3.8, 4) is 0 Å². The summed E-state index contributed by atoms with van der Waals surface area (Å²) in [5.41, 5.74) is -13.9. The molecule has 4 amide bonds. The summed E-state index contributed by atoms with van der Waals surface area (Å²) in [7, 11) is 0.492. The molecule has 2 aliphatic rings. The molecule has 2 aliphatic heterocycles. The van der Waals surface area contributed by atoms with Crippen molar-refractivity contribution in [2.24, 2.45) is 0 Å². The van der Waals surface area contributed by atoms with Gasteiger partial charge in [-0.05, 0) is 45.8 Å². The van der Waals surface area contributed by atoms with Crippen LogP contribution in [0.4, 0.5) is 149 Å². The monoisotopic (exact) mass is 1250 g/mol. The molecule has 0 aliphatic carbocycles. The first-order valence-corrected chi connectivity index (χ1v) is 20.5. The second-order valence-electron chi connectivity index (χ2n) is 17.9. The van der Waals surface area contributed by atoms with Crippen molar-refractivity contribution in [3.05, 3.63) is 69.8 Å². The zero-order valence-corrected chi connectivity index (χ0v) is 37.8. The van der Waals surface area contributed by atoms with Gasteiger partial charge < -0.3 is 0 Å². The lowest BCUT2D eigenvalue weighted by atomic mass is 9.76. The lowest BCUT2D eigenvalue weighted by molar-refractivity contribution is -0.462. The van der Waals surface area contributed by atoms with Crippen molar-refractivity contribution in [1.82, 2.24) is 9.80 Å². The van der Waals surface area contributed by atoms with E-state index < -0.39 is 207 Å². The quantitative estimate of drug-likeness (QED) is 0.0481. The predicted molar refractivity (Wildman–Crippen MR) is 200 cm³/mol. The van der Waals surface area contributed by atoms with Crippen LogP contribution in [0.5, 0.6) is 0 Å². The number of benzene rings is 5. The molecule has 0 radical (unpaired) electrons. The molecule has 452 valence electrons. The molecule has 82 heavy (non-hydrogen) atoms. The van der Waals surface area contributed by atoms with E-state index in [-0.39, 0.29) is 48.2 Å². The molecule has 6 nitrogen and oxygen atoms in total. The van der Waals surface area contributed by atoms with Crippen molar-refractivity contribution < 1.29 is 168 Å². The molecular formula is C42H12F34N2O4. The molecule has 0 spiro atoms. The molecule has 0 saturated heterocycles. The topological polar surface area (TPSA) is 74.8 Å². The Kier molecular flexibility index (Phi) is 12.7. The molecule has 0 atom stereocenters. The van der Waals surface area contributed by atoms with Crippen LogP contribution in [0.25, 0.3) is 43.1 Å². The maximum absolute atomic E-state index is 16.9. The van der Waals surface area contributed by atoms with Crippen molar-refractivity contribution in [2.45, 2.75) is 95.3 Å². The van der Waals surface area contributed by atoms with Gasteiger partial charge in [0.15, 0.2) is 0 Å². The van der Waals surface area contributed by atoms with Gasteiger partial charge >= 0.3 is 95.3 Å². The van der Waals surface area contributed by atoms with E-state index in [9.17, 15) is 98.2 Å². The average molecular weight is 1250 g/mol. The van der Waals surface area contributed by atoms with E-state index in [0.717, 1.165) is 0 Å². The maximum atomic E-state index is 16.9. The Bertz CT molecular complexity index is 3380. The van der Waals surface area contributed by atoms with Crippen LogP contribution < -0.4 is 0 Å². The summed E-state index contributed by atoms with van der Waals surface area (Å²) in [6.45, 7) is 0. The van der Waals surface area contributed by atoms with Crippen LogP contribution in [0.3, 0.4) is 0 Å². The first kappa shape index (κ1) is 62.9. The molecular weight excluding hydrogens is 1240 g/mol. The second kappa shape index (κ2) is 16.6. The third-order valence-electron chi connectivity index (χ3n) is 13.4. The number of carbonyl (C=O) groups is 4. The minimum Gasteiger partial charge on any atom is -0.277 e. The molecule has 2 heterocycles. The van der Waals surface area contributed by atoms with Gasteiger partial charge in [-0.15, -0.1) is 0 Å². The van der Waals surface area contributed by atoms with E-state index in [0.29, 0.717) is 0 Å². The zero-order chi connectivity index (χ0) is 63.8. The fraction of sp³-hybridized carbons (Fsp3) is 0.429. The van der Waals surface area contributed by atoms with Crippen LogP contribution >= 0.6 is 0 Å². The largest absolute Gasteiger partial charge is 0.460 e. The van der Waals surface area contributed by atoms with E-state index in [2.05, 4.69) is 0 Å². The second-order valence-corrected chi connectivity index (χ2v) is 17.9. The van der Waals surface area contributed by atoms with Gasteiger partial charge in [-0.1, -0.05) is 12.1 Å². The fourth-order valence-corrected chi connectivity index (χ4v) is 8.87. The molecule has 0 unspecified atom stereocenters. The summed E-state index contributed by atoms with van der Waals surface area (Å²) in [6.07, 6.45) is -16.5. The Balaban J connectivity index is 1.68. The molecule has 7 rings (SSSR count). The average Bonchev–Trinajstić information content (AvgIpc) is 1.43. The fourth-order valence-electron chi connectivity index (χ4n) is 8.87. The number of alkyl halides is 34. The molecule has 0 saturated carbocycles. The standard InChI is InChI=1S/C42H12F34N2O4/c1-77-23(79)11-5-3-9-20-16(28(45,46)30(49,50)32(53,54)34(57,58)36(61,62)38(65,66)40(69,70)42(74,75)76)8-14-18-12(24(80)78(2)26(14)82)6-4-10(22(18)20)19-15(7-13(25(77)81)17(11)21(9)19)27(43,44)29(47,48)31(51,52)33(55,56)35(59,60)37(63,64)39(67,68)41(71,72)73/h3-8H,1-2H3. The van der Waals surface area contributed by atoms with Crippen LogP contribution in [0.2, 0.25) is 0 Å². The van der Waals surface area contributed by atoms with Crippen LogP contribution in [0, 0.1) is 0 Å². The normalized spacial score (nSPS) is 17.1. The van der Waals surface area contributed by atoms with Gasteiger partial charge in [-0.2, -0.15) is 149 Å². The van der Waals surface area contributed by atoms with Crippen LogP contribution in [-0.4, -0.2) is 131 Å². The number of rotatable bonds is 14. The number of fused-ring (bicyclic) bond motifs is 2. The Hall–Kier alpha value is -6.70. The molecule has 0 aromatic heterocycles. The van der Waals surface area contributed by atoms with Crippen molar-refractivity contribution in [2.75, 3.05) is 14.1 Å². The smallest absolute Gasteiger partial charge is 0.277 e. The number of amides is 4. The highest BCUT2D eigenvalue weighted by atomic mass is 19.4. The number of hydrogen-bond donors (Lipinski definition) is 0. The summed E-state index contributed by atoms with van der Waals surface area (Å²) in [4.78, 5) is 53.1. The number of imide groups is 2. The summed E-state index contributed by atoms with van der Waals surface area (Å²) in [5, 5.41) is -17.0. The van der Waals surface area contributed by atoms with Crippen LogP contribution in [0.1, 0.15) is 52.6 Å². The molecule has 0 fully saturated rings. The zero-order valence-electron chi connectivity index (χ0n) is 37.8. The first-order chi connectivity index (χ1) is 36.1. The third-order valence-corrected chi connectivity index (χ3v) is 13.4. The highest BCUT2D eigenvalue weighted by Gasteiger charge is 2.97. The Morgan fingerprint density at radius 2 is 0.463 bits per heavy atom. The van der Waals surface area contributed by atoms with Gasteiger partial charge in [0.2, 0.25) is 0 Å². The van der Waals surface area contributed by atoms with Gasteiger partial charge in [-0.3, -0.25) is 29.0 Å². The van der Waals surface area contributed by atoms with Crippen LogP contribution in [-0.2, 0) is 11.8 Å². The molecule has 0 bridgehead atoms. The first-order valence-electron chi connectivity index (χ1n) is 20.5. The van der Waals surface area contributed by atoms with E-state index in [1.54, 1.807) is 0 Å². The maximum Gasteiger partial charge on any atom is 0.460 e. The Morgan fingerprint density at radius 3 is 0.695 bits per heavy atom. The van der Waals surface area contributed by atoms with E-state index in [4.69, 9.17) is 0 Å². The van der Waals surface area contributed by atoms with Crippen molar-refractivity contribution in [3.63, 3.8) is 0 Å². The summed E-state index contributed by atoms with van der Waals surface area (Å²) < 4.78 is 500. The number of hydrogen-bond acceptors (Lipinski definition) is 4. The van der Waals surface area contributed by atoms with Crippen LogP contribution in [0.15, 0.2) is 36.4 Å². The predicted octanol–water partition coefficient (Wildman–Crippen LogP) is 15.1.